The van der Waals surface area contributed by atoms with Crippen LogP contribution in [0.1, 0.15) is 25.3 Å². The molecule has 1 aliphatic rings. The van der Waals surface area contributed by atoms with Crippen molar-refractivity contribution in [2.75, 3.05) is 26.7 Å². The number of carbonyl (C=O) groups is 1. The van der Waals surface area contributed by atoms with Crippen molar-refractivity contribution in [3.05, 3.63) is 36.2 Å². The summed E-state index contributed by atoms with van der Waals surface area (Å²) in [5, 5.41) is 13.5. The van der Waals surface area contributed by atoms with E-state index in [2.05, 4.69) is 31.9 Å². The second kappa shape index (κ2) is 9.72. The highest BCUT2D eigenvalue weighted by Gasteiger charge is 2.23. The Bertz CT molecular complexity index is 783. The predicted molar refractivity (Wildman–Crippen MR) is 107 cm³/mol. The summed E-state index contributed by atoms with van der Waals surface area (Å²) in [5.74, 6) is 1.53. The molecule has 0 aliphatic carbocycles. The van der Waals surface area contributed by atoms with Gasteiger partial charge in [-0.25, -0.2) is 14.8 Å². The molecular formula is C19H27N7O2. The molecule has 1 aromatic heterocycles. The van der Waals surface area contributed by atoms with E-state index in [1.807, 2.05) is 25.1 Å². The quantitative estimate of drug-likeness (QED) is 0.535. The second-order valence-electron chi connectivity index (χ2n) is 6.61. The molecule has 28 heavy (non-hydrogen) atoms. The number of nitrogens with one attached hydrogen (secondary N) is 3. The number of guanidine groups is 1. The Hall–Kier alpha value is -3.10. The van der Waals surface area contributed by atoms with Crippen molar-refractivity contribution in [3.63, 3.8) is 0 Å². The highest BCUT2D eigenvalue weighted by atomic mass is 16.5. The number of likely N-dealkylation sites (tertiary alicyclic amines) is 1. The third-order valence-corrected chi connectivity index (χ3v) is 4.65. The van der Waals surface area contributed by atoms with Crippen molar-refractivity contribution in [2.45, 2.75) is 32.4 Å². The molecule has 0 unspecified atom stereocenters. The van der Waals surface area contributed by atoms with Crippen molar-refractivity contribution < 1.29 is 9.53 Å². The molecular weight excluding hydrogens is 358 g/mol. The molecule has 0 bridgehead atoms. The molecule has 1 fully saturated rings. The molecule has 1 amide bonds. The Morgan fingerprint density at radius 2 is 2.21 bits per heavy atom. The minimum atomic E-state index is -0.259. The highest BCUT2D eigenvalue weighted by molar-refractivity contribution is 5.80. The number of hydrogen-bond donors (Lipinski definition) is 3. The van der Waals surface area contributed by atoms with Gasteiger partial charge in [-0.3, -0.25) is 5.10 Å². The Morgan fingerprint density at radius 3 is 2.89 bits per heavy atom. The molecule has 150 valence electrons. The number of H-pyrrole nitrogens is 1. The normalized spacial score (nSPS) is 15.4. The van der Waals surface area contributed by atoms with E-state index < -0.39 is 0 Å². The van der Waals surface area contributed by atoms with Crippen molar-refractivity contribution in [1.82, 2.24) is 30.7 Å². The molecule has 9 heteroatoms. The Kier molecular flexibility index (Phi) is 6.83. The number of piperidine rings is 1. The Balaban J connectivity index is 1.59. The van der Waals surface area contributed by atoms with Crippen LogP contribution in [-0.4, -0.2) is 64.9 Å². The average molecular weight is 385 g/mol. The zero-order valence-electron chi connectivity index (χ0n) is 16.3. The van der Waals surface area contributed by atoms with Crippen LogP contribution < -0.4 is 10.6 Å². The molecule has 1 aromatic carbocycles. The lowest BCUT2D eigenvalue weighted by Crippen LogP contribution is -2.49. The lowest BCUT2D eigenvalue weighted by molar-refractivity contribution is 0.111. The predicted octanol–water partition coefficient (Wildman–Crippen LogP) is 1.76. The monoisotopic (exact) mass is 385 g/mol. The van der Waals surface area contributed by atoms with E-state index in [0.717, 1.165) is 42.3 Å². The molecule has 9 nitrogen and oxygen atoms in total. The van der Waals surface area contributed by atoms with Crippen molar-refractivity contribution in [1.29, 1.82) is 0 Å². The number of amides is 1. The minimum absolute atomic E-state index is 0.259. The number of aromatic amines is 1. The fraction of sp³-hybridized carbons (Fsp3) is 0.474. The maximum Gasteiger partial charge on any atom is 0.409 e. The van der Waals surface area contributed by atoms with Crippen LogP contribution in [0.25, 0.3) is 11.4 Å². The zero-order valence-corrected chi connectivity index (χ0v) is 16.3. The lowest BCUT2D eigenvalue weighted by atomic mass is 10.1. The summed E-state index contributed by atoms with van der Waals surface area (Å²) in [6.45, 7) is 4.75. The molecule has 1 aliphatic heterocycles. The number of hydrogen-bond acceptors (Lipinski definition) is 5. The second-order valence-corrected chi connectivity index (χ2v) is 6.61. The molecule has 3 N–H and O–H groups in total. The summed E-state index contributed by atoms with van der Waals surface area (Å²) in [5.41, 5.74) is 2.07. The molecule has 3 rings (SSSR count). The van der Waals surface area contributed by atoms with E-state index in [-0.39, 0.29) is 12.1 Å². The van der Waals surface area contributed by atoms with Crippen molar-refractivity contribution in [2.24, 2.45) is 4.99 Å². The first-order chi connectivity index (χ1) is 13.7. The van der Waals surface area contributed by atoms with E-state index >= 15 is 0 Å². The fourth-order valence-electron chi connectivity index (χ4n) is 3.18. The van der Waals surface area contributed by atoms with E-state index in [9.17, 15) is 4.79 Å². The van der Waals surface area contributed by atoms with Crippen LogP contribution in [0.4, 0.5) is 4.79 Å². The topological polar surface area (TPSA) is 108 Å². The maximum atomic E-state index is 11.6. The first-order valence-electron chi connectivity index (χ1n) is 9.52. The van der Waals surface area contributed by atoms with Gasteiger partial charge >= 0.3 is 6.09 Å². The first kappa shape index (κ1) is 19.7. The van der Waals surface area contributed by atoms with Crippen molar-refractivity contribution in [3.8, 4) is 11.4 Å². The van der Waals surface area contributed by atoms with Crippen LogP contribution in [0.15, 0.2) is 35.6 Å². The van der Waals surface area contributed by atoms with Crippen LogP contribution >= 0.6 is 0 Å². The van der Waals surface area contributed by atoms with Gasteiger partial charge in [-0.1, -0.05) is 18.2 Å². The van der Waals surface area contributed by atoms with Gasteiger partial charge in [0.05, 0.1) is 13.7 Å². The smallest absolute Gasteiger partial charge is 0.409 e. The van der Waals surface area contributed by atoms with E-state index in [1.54, 1.807) is 4.90 Å². The van der Waals surface area contributed by atoms with Crippen LogP contribution in [0.2, 0.25) is 0 Å². The molecule has 0 atom stereocenters. The van der Waals surface area contributed by atoms with Gasteiger partial charge < -0.3 is 20.3 Å². The summed E-state index contributed by atoms with van der Waals surface area (Å²) in [6, 6.07) is 8.36. The van der Waals surface area contributed by atoms with E-state index in [1.165, 1.54) is 13.4 Å². The number of methoxy groups -OCH3 is 1. The van der Waals surface area contributed by atoms with Gasteiger partial charge in [0.25, 0.3) is 0 Å². The molecule has 0 saturated carbocycles. The standard InChI is InChI=1S/C19H27N7O2/c1-3-20-18(24-16-7-9-26(10-8-16)19(27)28-2)21-12-14-5-4-6-15(11-14)17-22-13-23-25-17/h4-6,11,13,16H,3,7-10,12H2,1-2H3,(H2,20,21,24)(H,22,23,25). The Morgan fingerprint density at radius 1 is 1.39 bits per heavy atom. The van der Waals surface area contributed by atoms with Gasteiger partial charge in [0.1, 0.15) is 6.33 Å². The van der Waals surface area contributed by atoms with Crippen LogP contribution in [0.3, 0.4) is 0 Å². The van der Waals surface area contributed by atoms with Gasteiger partial charge in [0.2, 0.25) is 0 Å². The summed E-state index contributed by atoms with van der Waals surface area (Å²) >= 11 is 0. The number of rotatable bonds is 5. The Labute approximate surface area is 164 Å². The largest absolute Gasteiger partial charge is 0.453 e. The number of aromatic nitrogens is 3. The molecule has 1 saturated heterocycles. The number of aliphatic imine (C=N–C) groups is 1. The molecule has 0 radical (unpaired) electrons. The number of ether oxygens (including phenoxy) is 1. The maximum absolute atomic E-state index is 11.6. The van der Waals surface area contributed by atoms with E-state index in [0.29, 0.717) is 19.6 Å². The van der Waals surface area contributed by atoms with Crippen molar-refractivity contribution >= 4 is 12.1 Å². The number of benzene rings is 1. The SMILES string of the molecule is CCNC(=NCc1cccc(-c2ncn[nH]2)c1)NC1CCN(C(=O)OC)CC1. The molecule has 2 heterocycles. The third-order valence-electron chi connectivity index (χ3n) is 4.65. The van der Waals surface area contributed by atoms with Gasteiger partial charge in [-0.05, 0) is 31.4 Å². The molecule has 0 spiro atoms. The van der Waals surface area contributed by atoms with Gasteiger partial charge in [0.15, 0.2) is 11.8 Å². The third kappa shape index (κ3) is 5.21. The summed E-state index contributed by atoms with van der Waals surface area (Å²) in [6.07, 6.45) is 2.96. The fourth-order valence-corrected chi connectivity index (χ4v) is 3.18. The highest BCUT2D eigenvalue weighted by Crippen LogP contribution is 2.16. The van der Waals surface area contributed by atoms with Gasteiger partial charge in [-0.2, -0.15) is 5.10 Å². The lowest BCUT2D eigenvalue weighted by Gasteiger charge is -2.32. The van der Waals surface area contributed by atoms with Crippen LogP contribution in [-0.2, 0) is 11.3 Å². The van der Waals surface area contributed by atoms with Crippen LogP contribution in [0.5, 0.6) is 0 Å². The van der Waals surface area contributed by atoms with E-state index in [4.69, 9.17) is 9.73 Å². The summed E-state index contributed by atoms with van der Waals surface area (Å²) < 4.78 is 4.79. The minimum Gasteiger partial charge on any atom is -0.453 e. The first-order valence-corrected chi connectivity index (χ1v) is 9.52. The van der Waals surface area contributed by atoms with Crippen LogP contribution in [0, 0.1) is 0 Å². The molecule has 2 aromatic rings. The number of nitrogens with zero attached hydrogens (tertiary/aromatic N) is 4. The zero-order chi connectivity index (χ0) is 19.8. The van der Waals surface area contributed by atoms with Gasteiger partial charge in [-0.15, -0.1) is 0 Å². The van der Waals surface area contributed by atoms with Gasteiger partial charge in [0, 0.05) is 31.2 Å². The summed E-state index contributed by atoms with van der Waals surface area (Å²) in [7, 11) is 1.42. The number of carbonyl (C=O) groups excluding carboxylic acids is 1. The average Bonchev–Trinajstić information content (AvgIpc) is 3.27. The summed E-state index contributed by atoms with van der Waals surface area (Å²) in [4.78, 5) is 22.2.